The fourth-order valence-corrected chi connectivity index (χ4v) is 1.34. The lowest BCUT2D eigenvalue weighted by Crippen LogP contribution is -2.34. The molecule has 0 amide bonds. The number of aliphatic hydroxyl groups excluding tert-OH is 1. The molecule has 1 rings (SSSR count). The van der Waals surface area contributed by atoms with E-state index in [1.54, 1.807) is 4.90 Å². The number of anilines is 1. The second kappa shape index (κ2) is 5.02. The molecule has 0 saturated carbocycles. The lowest BCUT2D eigenvalue weighted by Gasteiger charge is -2.27. The Hall–Kier alpha value is -1.23. The van der Waals surface area contributed by atoms with Gasteiger partial charge in [0, 0.05) is 18.7 Å². The molecule has 1 N–H and O–H groups in total. The monoisotopic (exact) mass is 216 g/mol. The molecule has 0 radical (unpaired) electrons. The van der Waals surface area contributed by atoms with Crippen molar-refractivity contribution in [2.24, 2.45) is 0 Å². The molecule has 3 nitrogen and oxygen atoms in total. The van der Waals surface area contributed by atoms with Crippen LogP contribution in [-0.4, -0.2) is 29.3 Å². The largest absolute Gasteiger partial charge is 0.395 e. The first kappa shape index (κ1) is 11.8. The summed E-state index contributed by atoms with van der Waals surface area (Å²) in [5.41, 5.74) is 0. The van der Waals surface area contributed by atoms with Gasteiger partial charge in [0.05, 0.1) is 12.8 Å². The first-order valence-corrected chi connectivity index (χ1v) is 4.74. The van der Waals surface area contributed by atoms with Crippen LogP contribution in [0.25, 0.3) is 0 Å². The minimum absolute atomic E-state index is 0.00962. The number of hydrogen-bond donors (Lipinski definition) is 1. The number of aliphatic hydroxyl groups is 1. The summed E-state index contributed by atoms with van der Waals surface area (Å²) in [5.74, 6) is -1.35. The molecule has 1 aromatic heterocycles. The molecule has 1 aromatic rings. The van der Waals surface area contributed by atoms with Crippen molar-refractivity contribution < 1.29 is 13.9 Å². The van der Waals surface area contributed by atoms with Gasteiger partial charge in [0.2, 0.25) is 0 Å². The third kappa shape index (κ3) is 2.86. The van der Waals surface area contributed by atoms with Crippen LogP contribution in [0.4, 0.5) is 14.6 Å². The van der Waals surface area contributed by atoms with Crippen molar-refractivity contribution in [1.29, 1.82) is 0 Å². The Kier molecular flexibility index (Phi) is 3.96. The first-order valence-electron chi connectivity index (χ1n) is 4.74. The highest BCUT2D eigenvalue weighted by atomic mass is 19.1. The van der Waals surface area contributed by atoms with Crippen molar-refractivity contribution in [3.8, 4) is 0 Å². The molecule has 1 heterocycles. The van der Waals surface area contributed by atoms with Gasteiger partial charge in [-0.05, 0) is 13.8 Å². The molecule has 0 aliphatic rings. The molecule has 0 bridgehead atoms. The molecular weight excluding hydrogens is 202 g/mol. The van der Waals surface area contributed by atoms with Gasteiger partial charge < -0.3 is 10.0 Å². The molecule has 0 atom stereocenters. The van der Waals surface area contributed by atoms with Crippen LogP contribution in [0.3, 0.4) is 0 Å². The summed E-state index contributed by atoms with van der Waals surface area (Å²) in [5, 5.41) is 8.83. The van der Waals surface area contributed by atoms with Gasteiger partial charge in [-0.15, -0.1) is 0 Å². The van der Waals surface area contributed by atoms with Crippen molar-refractivity contribution in [1.82, 2.24) is 4.98 Å². The third-order valence-electron chi connectivity index (χ3n) is 2.02. The van der Waals surface area contributed by atoms with Gasteiger partial charge >= 0.3 is 0 Å². The Morgan fingerprint density at radius 2 is 2.13 bits per heavy atom. The summed E-state index contributed by atoms with van der Waals surface area (Å²) < 4.78 is 26.0. The number of nitrogens with zero attached hydrogens (tertiary/aromatic N) is 2. The maximum absolute atomic E-state index is 13.4. The average Bonchev–Trinajstić information content (AvgIpc) is 2.15. The Balaban J connectivity index is 3.00. The summed E-state index contributed by atoms with van der Waals surface area (Å²) >= 11 is 0. The highest BCUT2D eigenvalue weighted by Gasteiger charge is 2.16. The van der Waals surface area contributed by atoms with Crippen LogP contribution < -0.4 is 4.90 Å². The molecule has 84 valence electrons. The smallest absolute Gasteiger partial charge is 0.168 e. The van der Waals surface area contributed by atoms with E-state index in [4.69, 9.17) is 5.11 Å². The summed E-state index contributed by atoms with van der Waals surface area (Å²) in [4.78, 5) is 5.26. The van der Waals surface area contributed by atoms with Gasteiger partial charge in [-0.25, -0.2) is 13.8 Å². The maximum Gasteiger partial charge on any atom is 0.168 e. The van der Waals surface area contributed by atoms with Crippen LogP contribution in [0.15, 0.2) is 12.3 Å². The molecule has 0 fully saturated rings. The highest BCUT2D eigenvalue weighted by molar-refractivity contribution is 5.40. The van der Waals surface area contributed by atoms with E-state index in [2.05, 4.69) is 4.98 Å². The van der Waals surface area contributed by atoms with Crippen molar-refractivity contribution >= 4 is 5.82 Å². The Morgan fingerprint density at radius 3 is 2.60 bits per heavy atom. The van der Waals surface area contributed by atoms with E-state index in [1.807, 2.05) is 13.8 Å². The fourth-order valence-electron chi connectivity index (χ4n) is 1.34. The second-order valence-corrected chi connectivity index (χ2v) is 3.47. The number of aromatic nitrogens is 1. The molecular formula is C10H14F2N2O. The molecule has 0 aliphatic carbocycles. The maximum atomic E-state index is 13.4. The lowest BCUT2D eigenvalue weighted by molar-refractivity contribution is 0.298. The van der Waals surface area contributed by atoms with Crippen molar-refractivity contribution in [3.05, 3.63) is 23.9 Å². The van der Waals surface area contributed by atoms with Crippen LogP contribution in [0, 0.1) is 11.6 Å². The molecule has 15 heavy (non-hydrogen) atoms. The van der Waals surface area contributed by atoms with Crippen LogP contribution in [-0.2, 0) is 0 Å². The molecule has 0 spiro atoms. The molecule has 0 aromatic carbocycles. The average molecular weight is 216 g/mol. The van der Waals surface area contributed by atoms with Gasteiger partial charge in [0.15, 0.2) is 11.6 Å². The van der Waals surface area contributed by atoms with E-state index < -0.39 is 11.6 Å². The highest BCUT2D eigenvalue weighted by Crippen LogP contribution is 2.18. The van der Waals surface area contributed by atoms with Crippen molar-refractivity contribution in [2.75, 3.05) is 18.1 Å². The van der Waals surface area contributed by atoms with Gasteiger partial charge in [0.25, 0.3) is 0 Å². The predicted molar refractivity (Wildman–Crippen MR) is 53.7 cm³/mol. The number of halogens is 2. The van der Waals surface area contributed by atoms with E-state index >= 15 is 0 Å². The second-order valence-electron chi connectivity index (χ2n) is 3.47. The normalized spacial score (nSPS) is 10.8. The Morgan fingerprint density at radius 1 is 1.47 bits per heavy atom. The number of pyridine rings is 1. The topological polar surface area (TPSA) is 36.4 Å². The summed E-state index contributed by atoms with van der Waals surface area (Å²) in [7, 11) is 0. The van der Waals surface area contributed by atoms with Crippen LogP contribution >= 0.6 is 0 Å². The van der Waals surface area contributed by atoms with Gasteiger partial charge in [0.1, 0.15) is 5.82 Å². The summed E-state index contributed by atoms with van der Waals surface area (Å²) in [6.45, 7) is 3.87. The Bertz CT molecular complexity index is 331. The van der Waals surface area contributed by atoms with E-state index in [0.717, 1.165) is 12.3 Å². The van der Waals surface area contributed by atoms with E-state index in [9.17, 15) is 8.78 Å². The zero-order chi connectivity index (χ0) is 11.4. The Labute approximate surface area is 87.4 Å². The molecule has 5 heteroatoms. The van der Waals surface area contributed by atoms with Gasteiger partial charge in [-0.1, -0.05) is 0 Å². The summed E-state index contributed by atoms with van der Waals surface area (Å²) in [6.07, 6.45) is 0.963. The van der Waals surface area contributed by atoms with E-state index in [1.165, 1.54) is 0 Å². The standard InChI is InChI=1S/C10H14F2N2O/c1-7(2)14(3-4-15)10-9(12)5-8(11)6-13-10/h5-7,15H,3-4H2,1-2H3. The molecule has 0 aliphatic heterocycles. The van der Waals surface area contributed by atoms with Crippen molar-refractivity contribution in [3.63, 3.8) is 0 Å². The summed E-state index contributed by atoms with van der Waals surface area (Å²) in [6, 6.07) is 0.777. The molecule has 0 saturated heterocycles. The van der Waals surface area contributed by atoms with Crippen LogP contribution in [0.2, 0.25) is 0 Å². The zero-order valence-electron chi connectivity index (χ0n) is 8.74. The number of hydrogen-bond acceptors (Lipinski definition) is 3. The number of rotatable bonds is 4. The quantitative estimate of drug-likeness (QED) is 0.829. The van der Waals surface area contributed by atoms with Crippen molar-refractivity contribution in [2.45, 2.75) is 19.9 Å². The SMILES string of the molecule is CC(C)N(CCO)c1ncc(F)cc1F. The fraction of sp³-hybridized carbons (Fsp3) is 0.500. The lowest BCUT2D eigenvalue weighted by atomic mass is 10.3. The van der Waals surface area contributed by atoms with Gasteiger partial charge in [-0.2, -0.15) is 0 Å². The predicted octanol–water partition coefficient (Wildman–Crippen LogP) is 1.57. The van der Waals surface area contributed by atoms with E-state index in [0.29, 0.717) is 0 Å². The zero-order valence-corrected chi connectivity index (χ0v) is 8.74. The third-order valence-corrected chi connectivity index (χ3v) is 2.02. The van der Waals surface area contributed by atoms with Crippen LogP contribution in [0.1, 0.15) is 13.8 Å². The minimum Gasteiger partial charge on any atom is -0.395 e. The first-order chi connectivity index (χ1) is 7.06. The van der Waals surface area contributed by atoms with Gasteiger partial charge in [-0.3, -0.25) is 0 Å². The molecule has 0 unspecified atom stereocenters. The minimum atomic E-state index is -0.711. The van der Waals surface area contributed by atoms with Crippen LogP contribution in [0.5, 0.6) is 0 Å². The van der Waals surface area contributed by atoms with E-state index in [-0.39, 0.29) is 25.0 Å².